The molecule has 0 bridgehead atoms. The molecule has 0 spiro atoms. The fourth-order valence-corrected chi connectivity index (χ4v) is 2.49. The molecule has 1 aliphatic heterocycles. The summed E-state index contributed by atoms with van der Waals surface area (Å²) in [6.07, 6.45) is 8.18. The Morgan fingerprint density at radius 1 is 1.50 bits per heavy atom. The summed E-state index contributed by atoms with van der Waals surface area (Å²) in [5, 5.41) is 0. The number of hydrogen-bond acceptors (Lipinski definition) is 3. The molecule has 0 radical (unpaired) electrons. The van der Waals surface area contributed by atoms with Gasteiger partial charge in [0, 0.05) is 29.5 Å². The van der Waals surface area contributed by atoms with Crippen LogP contribution in [0.5, 0.6) is 0 Å². The van der Waals surface area contributed by atoms with Crippen LogP contribution < -0.4 is 5.73 Å². The van der Waals surface area contributed by atoms with Crippen molar-refractivity contribution in [2.24, 2.45) is 5.73 Å². The van der Waals surface area contributed by atoms with Crippen LogP contribution in [0.25, 0.3) is 0 Å². The molecule has 1 saturated heterocycles. The predicted molar refractivity (Wildman–Crippen MR) is 67.2 cm³/mol. The quantitative estimate of drug-likeness (QED) is 0.927. The van der Waals surface area contributed by atoms with E-state index < -0.39 is 0 Å². The van der Waals surface area contributed by atoms with E-state index in [1.54, 1.807) is 6.20 Å². The molecule has 0 aliphatic carbocycles. The van der Waals surface area contributed by atoms with Crippen LogP contribution >= 0.6 is 15.9 Å². The van der Waals surface area contributed by atoms with Gasteiger partial charge in [0.1, 0.15) is 0 Å². The van der Waals surface area contributed by atoms with Crippen LogP contribution in [0, 0.1) is 0 Å². The van der Waals surface area contributed by atoms with Crippen molar-refractivity contribution in [3.8, 4) is 0 Å². The third-order valence-electron chi connectivity index (χ3n) is 2.93. The van der Waals surface area contributed by atoms with Crippen molar-refractivity contribution in [2.45, 2.75) is 37.8 Å². The lowest BCUT2D eigenvalue weighted by atomic mass is 9.97. The van der Waals surface area contributed by atoms with Crippen molar-refractivity contribution in [3.05, 3.63) is 28.5 Å². The van der Waals surface area contributed by atoms with E-state index in [4.69, 9.17) is 10.5 Å². The first-order valence-corrected chi connectivity index (χ1v) is 6.51. The molecule has 88 valence electrons. The summed E-state index contributed by atoms with van der Waals surface area (Å²) in [5.74, 6) is 0. The summed E-state index contributed by atoms with van der Waals surface area (Å²) < 4.78 is 6.69. The Morgan fingerprint density at radius 2 is 2.38 bits per heavy atom. The van der Waals surface area contributed by atoms with Gasteiger partial charge in [-0.2, -0.15) is 0 Å². The van der Waals surface area contributed by atoms with Gasteiger partial charge >= 0.3 is 0 Å². The highest BCUT2D eigenvalue weighted by molar-refractivity contribution is 9.10. The van der Waals surface area contributed by atoms with Gasteiger partial charge < -0.3 is 10.5 Å². The monoisotopic (exact) mass is 284 g/mol. The highest BCUT2D eigenvalue weighted by Gasteiger charge is 2.21. The average Bonchev–Trinajstić information content (AvgIpc) is 2.30. The molecule has 2 N–H and O–H groups in total. The third kappa shape index (κ3) is 3.27. The largest absolute Gasteiger partial charge is 0.377 e. The van der Waals surface area contributed by atoms with Gasteiger partial charge in [-0.25, -0.2) is 0 Å². The zero-order chi connectivity index (χ0) is 11.4. The minimum absolute atomic E-state index is 0.0800. The predicted octanol–water partition coefficient (Wildman–Crippen LogP) is 2.28. The topological polar surface area (TPSA) is 48.1 Å². The number of nitrogens with zero attached hydrogens (tertiary/aromatic N) is 1. The number of pyridine rings is 1. The van der Waals surface area contributed by atoms with E-state index in [1.807, 2.05) is 6.20 Å². The zero-order valence-corrected chi connectivity index (χ0v) is 10.8. The summed E-state index contributed by atoms with van der Waals surface area (Å²) in [6.45, 7) is 0.856. The van der Waals surface area contributed by atoms with Crippen LogP contribution in [-0.2, 0) is 11.2 Å². The van der Waals surface area contributed by atoms with Crippen LogP contribution in [0.3, 0.4) is 0 Å². The lowest BCUT2D eigenvalue weighted by Gasteiger charge is -2.27. The Kier molecular flexibility index (Phi) is 4.32. The molecule has 2 heterocycles. The third-order valence-corrected chi connectivity index (χ3v) is 3.36. The standard InChI is InChI=1S/C12H17BrN2O/c13-10-5-9(7-15-8-10)6-11(14)12-3-1-2-4-16-12/h5,7-8,11-12H,1-4,6,14H2. The number of hydrogen-bond donors (Lipinski definition) is 1. The fourth-order valence-electron chi connectivity index (χ4n) is 2.07. The lowest BCUT2D eigenvalue weighted by Crippen LogP contribution is -2.40. The highest BCUT2D eigenvalue weighted by Crippen LogP contribution is 2.18. The molecule has 2 unspecified atom stereocenters. The normalized spacial score (nSPS) is 23.0. The number of rotatable bonds is 3. The van der Waals surface area contributed by atoms with Crippen molar-refractivity contribution in [1.29, 1.82) is 0 Å². The number of nitrogens with two attached hydrogens (primary N) is 1. The van der Waals surface area contributed by atoms with Crippen molar-refractivity contribution in [3.63, 3.8) is 0 Å². The summed E-state index contributed by atoms with van der Waals surface area (Å²) >= 11 is 3.41. The SMILES string of the molecule is NC(Cc1cncc(Br)c1)C1CCCCO1. The fraction of sp³-hybridized carbons (Fsp3) is 0.583. The van der Waals surface area contributed by atoms with E-state index in [0.29, 0.717) is 0 Å². The van der Waals surface area contributed by atoms with Gasteiger partial charge in [0.15, 0.2) is 0 Å². The molecule has 16 heavy (non-hydrogen) atoms. The molecule has 0 saturated carbocycles. The molecular weight excluding hydrogens is 268 g/mol. The van der Waals surface area contributed by atoms with Crippen LogP contribution in [-0.4, -0.2) is 23.7 Å². The molecule has 1 aromatic heterocycles. The van der Waals surface area contributed by atoms with Crippen LogP contribution in [0.2, 0.25) is 0 Å². The second-order valence-electron chi connectivity index (χ2n) is 4.28. The molecule has 4 heteroatoms. The lowest BCUT2D eigenvalue weighted by molar-refractivity contribution is 0.000621. The first-order valence-electron chi connectivity index (χ1n) is 5.72. The molecule has 1 fully saturated rings. The zero-order valence-electron chi connectivity index (χ0n) is 9.23. The second kappa shape index (κ2) is 5.75. The van der Waals surface area contributed by atoms with Crippen molar-refractivity contribution >= 4 is 15.9 Å². The Morgan fingerprint density at radius 3 is 3.06 bits per heavy atom. The van der Waals surface area contributed by atoms with Gasteiger partial charge in [-0.1, -0.05) is 0 Å². The van der Waals surface area contributed by atoms with Crippen molar-refractivity contribution in [2.75, 3.05) is 6.61 Å². The summed E-state index contributed by atoms with van der Waals surface area (Å²) in [5.41, 5.74) is 7.33. The highest BCUT2D eigenvalue weighted by atomic mass is 79.9. The number of aromatic nitrogens is 1. The van der Waals surface area contributed by atoms with Crippen LogP contribution in [0.1, 0.15) is 24.8 Å². The smallest absolute Gasteiger partial charge is 0.0729 e. The van der Waals surface area contributed by atoms with Gasteiger partial charge in [0.2, 0.25) is 0 Å². The van der Waals surface area contributed by atoms with Gasteiger partial charge in [-0.05, 0) is 53.2 Å². The van der Waals surface area contributed by atoms with Gasteiger partial charge in [-0.3, -0.25) is 4.98 Å². The molecule has 2 rings (SSSR count). The van der Waals surface area contributed by atoms with E-state index in [0.717, 1.165) is 29.5 Å². The molecule has 1 aromatic rings. The van der Waals surface area contributed by atoms with E-state index in [1.165, 1.54) is 12.8 Å². The van der Waals surface area contributed by atoms with E-state index >= 15 is 0 Å². The first-order chi connectivity index (χ1) is 7.75. The minimum Gasteiger partial charge on any atom is -0.377 e. The average molecular weight is 285 g/mol. The number of halogens is 1. The second-order valence-corrected chi connectivity index (χ2v) is 5.20. The molecule has 2 atom stereocenters. The van der Waals surface area contributed by atoms with Crippen LogP contribution in [0.15, 0.2) is 22.9 Å². The Labute approximate surface area is 105 Å². The maximum Gasteiger partial charge on any atom is 0.0729 e. The van der Waals surface area contributed by atoms with Gasteiger partial charge in [-0.15, -0.1) is 0 Å². The van der Waals surface area contributed by atoms with E-state index in [-0.39, 0.29) is 12.1 Å². The molecule has 1 aliphatic rings. The molecule has 0 amide bonds. The van der Waals surface area contributed by atoms with E-state index in [2.05, 4.69) is 27.0 Å². The van der Waals surface area contributed by atoms with E-state index in [9.17, 15) is 0 Å². The Balaban J connectivity index is 1.93. The van der Waals surface area contributed by atoms with Crippen LogP contribution in [0.4, 0.5) is 0 Å². The van der Waals surface area contributed by atoms with Crippen molar-refractivity contribution in [1.82, 2.24) is 4.98 Å². The summed E-state index contributed by atoms with van der Waals surface area (Å²) in [6, 6.07) is 2.15. The van der Waals surface area contributed by atoms with Crippen molar-refractivity contribution < 1.29 is 4.74 Å². The molecular formula is C12H17BrN2O. The van der Waals surface area contributed by atoms with Gasteiger partial charge in [0.05, 0.1) is 6.10 Å². The first kappa shape index (κ1) is 12.0. The summed E-state index contributed by atoms with van der Waals surface area (Å²) in [7, 11) is 0. The minimum atomic E-state index is 0.0800. The summed E-state index contributed by atoms with van der Waals surface area (Å²) in [4.78, 5) is 4.14. The maximum absolute atomic E-state index is 6.16. The van der Waals surface area contributed by atoms with Gasteiger partial charge in [0.25, 0.3) is 0 Å². The Hall–Kier alpha value is -0.450. The number of ether oxygens (including phenoxy) is 1. The Bertz CT molecular complexity index is 340. The molecule has 0 aromatic carbocycles. The molecule has 3 nitrogen and oxygen atoms in total. The maximum atomic E-state index is 6.16.